The van der Waals surface area contributed by atoms with Crippen molar-refractivity contribution in [2.45, 2.75) is 26.3 Å². The third kappa shape index (κ3) is 6.03. The highest BCUT2D eigenvalue weighted by Gasteiger charge is 2.14. The molecule has 0 radical (unpaired) electrons. The van der Waals surface area contributed by atoms with Crippen LogP contribution in [0.25, 0.3) is 0 Å². The second-order valence-corrected chi connectivity index (χ2v) is 6.53. The number of hydrogen-bond donors (Lipinski definition) is 1. The van der Waals surface area contributed by atoms with Gasteiger partial charge in [0.2, 0.25) is 0 Å². The topological polar surface area (TPSA) is 24.5 Å². The lowest BCUT2D eigenvalue weighted by Gasteiger charge is -2.22. The minimum absolute atomic E-state index is 0.129. The second-order valence-electron chi connectivity index (χ2n) is 6.10. The molecular formula is C21H29ClN2O. The van der Waals surface area contributed by atoms with Crippen LogP contribution in [0.15, 0.2) is 48.5 Å². The number of benzene rings is 2. The number of nitrogens with zero attached hydrogens (tertiary/aromatic N) is 1. The van der Waals surface area contributed by atoms with Crippen molar-refractivity contribution in [1.29, 1.82) is 0 Å². The molecule has 0 heterocycles. The van der Waals surface area contributed by atoms with E-state index in [1.54, 1.807) is 7.11 Å². The van der Waals surface area contributed by atoms with E-state index in [9.17, 15) is 0 Å². The molecule has 4 heteroatoms. The monoisotopic (exact) mass is 360 g/mol. The Kier molecular flexibility index (Phi) is 8.26. The van der Waals surface area contributed by atoms with E-state index < -0.39 is 0 Å². The number of ether oxygens (including phenoxy) is 1. The molecule has 0 saturated heterocycles. The Balaban J connectivity index is 2.10. The third-order valence-corrected chi connectivity index (χ3v) is 4.78. The first-order chi connectivity index (χ1) is 12.2. The fraction of sp³-hybridized carbons (Fsp3) is 0.429. The summed E-state index contributed by atoms with van der Waals surface area (Å²) in [6.45, 7) is 8.71. The Labute approximate surface area is 156 Å². The lowest BCUT2D eigenvalue weighted by Crippen LogP contribution is -2.29. The fourth-order valence-electron chi connectivity index (χ4n) is 2.99. The number of methoxy groups -OCH3 is 1. The van der Waals surface area contributed by atoms with Crippen molar-refractivity contribution >= 4 is 11.6 Å². The van der Waals surface area contributed by atoms with Gasteiger partial charge >= 0.3 is 0 Å². The average molecular weight is 361 g/mol. The molecule has 0 fully saturated rings. The molecule has 1 N–H and O–H groups in total. The summed E-state index contributed by atoms with van der Waals surface area (Å²) in [5, 5.41) is 4.46. The van der Waals surface area contributed by atoms with E-state index in [4.69, 9.17) is 16.3 Å². The Bertz CT molecular complexity index is 626. The summed E-state index contributed by atoms with van der Waals surface area (Å²) in [4.78, 5) is 2.45. The largest absolute Gasteiger partial charge is 0.497 e. The van der Waals surface area contributed by atoms with E-state index in [0.29, 0.717) is 0 Å². The van der Waals surface area contributed by atoms with Crippen LogP contribution in [0.1, 0.15) is 37.4 Å². The maximum atomic E-state index is 6.06. The van der Waals surface area contributed by atoms with E-state index in [0.717, 1.165) is 43.4 Å². The molecule has 1 atom stereocenters. The first-order valence-electron chi connectivity index (χ1n) is 9.03. The molecule has 2 aromatic carbocycles. The van der Waals surface area contributed by atoms with Gasteiger partial charge in [0.05, 0.1) is 13.2 Å². The number of hydrogen-bond acceptors (Lipinski definition) is 3. The second kappa shape index (κ2) is 10.4. The lowest BCUT2D eigenvalue weighted by atomic mass is 9.98. The standard InChI is InChI=1S/C21H29ClN2O/c1-4-24(5-2)15-7-14-23-21(17-10-12-19(22)13-11-17)18-8-6-9-20(16-18)25-3/h6,8-13,16,21,23H,4-5,7,14-15H2,1-3H3. The molecule has 0 aliphatic heterocycles. The zero-order valence-corrected chi connectivity index (χ0v) is 16.2. The number of nitrogens with one attached hydrogen (secondary N) is 1. The highest BCUT2D eigenvalue weighted by atomic mass is 35.5. The van der Waals surface area contributed by atoms with Crippen LogP contribution in [0, 0.1) is 0 Å². The van der Waals surface area contributed by atoms with Gasteiger partial charge in [0.1, 0.15) is 5.75 Å². The van der Waals surface area contributed by atoms with E-state index in [2.05, 4.69) is 48.3 Å². The van der Waals surface area contributed by atoms with Crippen LogP contribution in [-0.2, 0) is 0 Å². The number of rotatable bonds is 10. The van der Waals surface area contributed by atoms with Gasteiger partial charge < -0.3 is 15.0 Å². The molecule has 0 amide bonds. The highest BCUT2D eigenvalue weighted by Crippen LogP contribution is 2.26. The molecule has 0 bridgehead atoms. The van der Waals surface area contributed by atoms with Gasteiger partial charge in [0, 0.05) is 5.02 Å². The van der Waals surface area contributed by atoms with Crippen molar-refractivity contribution in [1.82, 2.24) is 10.2 Å². The predicted octanol–water partition coefficient (Wildman–Crippen LogP) is 4.76. The fourth-order valence-corrected chi connectivity index (χ4v) is 3.12. The molecule has 0 saturated carbocycles. The van der Waals surface area contributed by atoms with Crippen molar-refractivity contribution < 1.29 is 4.74 Å². The molecule has 25 heavy (non-hydrogen) atoms. The van der Waals surface area contributed by atoms with E-state index in [1.807, 2.05) is 24.3 Å². The highest BCUT2D eigenvalue weighted by molar-refractivity contribution is 6.30. The van der Waals surface area contributed by atoms with Gasteiger partial charge in [-0.05, 0) is 68.0 Å². The normalized spacial score (nSPS) is 12.4. The molecule has 0 spiro atoms. The van der Waals surface area contributed by atoms with Crippen molar-refractivity contribution in [3.8, 4) is 5.75 Å². The van der Waals surface area contributed by atoms with Gasteiger partial charge in [-0.15, -0.1) is 0 Å². The zero-order valence-electron chi connectivity index (χ0n) is 15.5. The van der Waals surface area contributed by atoms with Crippen LogP contribution in [0.4, 0.5) is 0 Å². The summed E-state index contributed by atoms with van der Waals surface area (Å²) in [5.41, 5.74) is 2.41. The van der Waals surface area contributed by atoms with Gasteiger partial charge in [-0.1, -0.05) is 49.7 Å². The summed E-state index contributed by atoms with van der Waals surface area (Å²) in [7, 11) is 1.70. The smallest absolute Gasteiger partial charge is 0.119 e. The van der Waals surface area contributed by atoms with Crippen LogP contribution < -0.4 is 10.1 Å². The summed E-state index contributed by atoms with van der Waals surface area (Å²) in [6, 6.07) is 16.4. The maximum Gasteiger partial charge on any atom is 0.119 e. The molecule has 3 nitrogen and oxygen atoms in total. The van der Waals surface area contributed by atoms with Crippen LogP contribution in [0.3, 0.4) is 0 Å². The van der Waals surface area contributed by atoms with E-state index in [1.165, 1.54) is 11.1 Å². The SMILES string of the molecule is CCN(CC)CCCNC(c1ccc(Cl)cc1)c1cccc(OC)c1. The summed E-state index contributed by atoms with van der Waals surface area (Å²) < 4.78 is 5.39. The van der Waals surface area contributed by atoms with Crippen LogP contribution in [0.2, 0.25) is 5.02 Å². The Morgan fingerprint density at radius 3 is 2.40 bits per heavy atom. The molecule has 2 aromatic rings. The molecule has 0 aliphatic carbocycles. The van der Waals surface area contributed by atoms with E-state index in [-0.39, 0.29) is 6.04 Å². The molecule has 136 valence electrons. The van der Waals surface area contributed by atoms with E-state index >= 15 is 0 Å². The molecule has 1 unspecified atom stereocenters. The Hall–Kier alpha value is -1.55. The molecule has 0 aliphatic rings. The minimum atomic E-state index is 0.129. The molecule has 2 rings (SSSR count). The van der Waals surface area contributed by atoms with Gasteiger partial charge in [-0.25, -0.2) is 0 Å². The quantitative estimate of drug-likeness (QED) is 0.618. The average Bonchev–Trinajstić information content (AvgIpc) is 2.66. The van der Waals surface area contributed by atoms with Crippen molar-refractivity contribution in [2.24, 2.45) is 0 Å². The summed E-state index contributed by atoms with van der Waals surface area (Å²) in [5.74, 6) is 0.876. The molecular weight excluding hydrogens is 332 g/mol. The van der Waals surface area contributed by atoms with Gasteiger partial charge in [-0.3, -0.25) is 0 Å². The van der Waals surface area contributed by atoms with Crippen LogP contribution in [-0.4, -0.2) is 38.2 Å². The minimum Gasteiger partial charge on any atom is -0.497 e. The van der Waals surface area contributed by atoms with Crippen LogP contribution >= 0.6 is 11.6 Å². The zero-order chi connectivity index (χ0) is 18.1. The van der Waals surface area contributed by atoms with Crippen molar-refractivity contribution in [3.05, 3.63) is 64.7 Å². The van der Waals surface area contributed by atoms with Gasteiger partial charge in [-0.2, -0.15) is 0 Å². The lowest BCUT2D eigenvalue weighted by molar-refractivity contribution is 0.297. The first kappa shape index (κ1) is 19.8. The van der Waals surface area contributed by atoms with Crippen molar-refractivity contribution in [2.75, 3.05) is 33.3 Å². The van der Waals surface area contributed by atoms with Crippen LogP contribution in [0.5, 0.6) is 5.75 Å². The predicted molar refractivity (Wildman–Crippen MR) is 107 cm³/mol. The maximum absolute atomic E-state index is 6.06. The van der Waals surface area contributed by atoms with Crippen molar-refractivity contribution in [3.63, 3.8) is 0 Å². The Morgan fingerprint density at radius 2 is 1.76 bits per heavy atom. The van der Waals surface area contributed by atoms with Gasteiger partial charge in [0.25, 0.3) is 0 Å². The Morgan fingerprint density at radius 1 is 1.04 bits per heavy atom. The number of halogens is 1. The third-order valence-electron chi connectivity index (χ3n) is 4.52. The first-order valence-corrected chi connectivity index (χ1v) is 9.40. The summed E-state index contributed by atoms with van der Waals surface area (Å²) in [6.07, 6.45) is 1.12. The molecule has 0 aromatic heterocycles. The van der Waals surface area contributed by atoms with Gasteiger partial charge in [0.15, 0.2) is 0 Å². The summed E-state index contributed by atoms with van der Waals surface area (Å²) >= 11 is 6.06.